The van der Waals surface area contributed by atoms with E-state index < -0.39 is 0 Å². The summed E-state index contributed by atoms with van der Waals surface area (Å²) in [5.74, 6) is 0.0240. The highest BCUT2D eigenvalue weighted by Gasteiger charge is 2.15. The minimum Gasteiger partial charge on any atom is -0.381 e. The third-order valence-electron chi connectivity index (χ3n) is 2.82. The standard InChI is InChI=1S/C12H18N4O2/c17-12(16-10-2-5-18-6-3-10)8-14-7-11-1-4-13-9-15-11/h1,4,9-10,14H,2-3,5-8H2,(H,16,17). The molecule has 0 aliphatic carbocycles. The number of nitrogens with zero attached hydrogens (tertiary/aromatic N) is 2. The Hall–Kier alpha value is -1.53. The van der Waals surface area contributed by atoms with Gasteiger partial charge in [-0.05, 0) is 18.9 Å². The van der Waals surface area contributed by atoms with Gasteiger partial charge in [0.05, 0.1) is 12.2 Å². The maximum Gasteiger partial charge on any atom is 0.234 e. The van der Waals surface area contributed by atoms with Crippen LogP contribution in [0.15, 0.2) is 18.6 Å². The van der Waals surface area contributed by atoms with E-state index in [1.165, 1.54) is 6.33 Å². The van der Waals surface area contributed by atoms with Crippen LogP contribution in [-0.2, 0) is 16.1 Å². The van der Waals surface area contributed by atoms with E-state index in [0.717, 1.165) is 31.7 Å². The molecule has 0 atom stereocenters. The molecule has 0 saturated carbocycles. The van der Waals surface area contributed by atoms with Crippen LogP contribution in [0.2, 0.25) is 0 Å². The van der Waals surface area contributed by atoms with Gasteiger partial charge in [0, 0.05) is 32.0 Å². The molecule has 1 fully saturated rings. The highest BCUT2D eigenvalue weighted by Crippen LogP contribution is 2.05. The fourth-order valence-electron chi connectivity index (χ4n) is 1.85. The lowest BCUT2D eigenvalue weighted by Gasteiger charge is -2.23. The van der Waals surface area contributed by atoms with Crippen molar-refractivity contribution >= 4 is 5.91 Å². The number of carbonyl (C=O) groups is 1. The minimum atomic E-state index is 0.0240. The summed E-state index contributed by atoms with van der Waals surface area (Å²) in [7, 11) is 0. The Labute approximate surface area is 106 Å². The number of hydrogen-bond acceptors (Lipinski definition) is 5. The summed E-state index contributed by atoms with van der Waals surface area (Å²) >= 11 is 0. The van der Waals surface area contributed by atoms with Gasteiger partial charge in [-0.15, -0.1) is 0 Å². The van der Waals surface area contributed by atoms with Crippen molar-refractivity contribution in [3.63, 3.8) is 0 Å². The van der Waals surface area contributed by atoms with Crippen LogP contribution in [0, 0.1) is 0 Å². The topological polar surface area (TPSA) is 76.1 Å². The molecule has 0 unspecified atom stereocenters. The van der Waals surface area contributed by atoms with Gasteiger partial charge >= 0.3 is 0 Å². The monoisotopic (exact) mass is 250 g/mol. The van der Waals surface area contributed by atoms with E-state index in [0.29, 0.717) is 13.1 Å². The van der Waals surface area contributed by atoms with Crippen LogP contribution in [0.1, 0.15) is 18.5 Å². The van der Waals surface area contributed by atoms with Crippen LogP contribution in [0.5, 0.6) is 0 Å². The molecule has 0 radical (unpaired) electrons. The van der Waals surface area contributed by atoms with Crippen molar-refractivity contribution in [2.24, 2.45) is 0 Å². The van der Waals surface area contributed by atoms with E-state index >= 15 is 0 Å². The van der Waals surface area contributed by atoms with Crippen molar-refractivity contribution < 1.29 is 9.53 Å². The highest BCUT2D eigenvalue weighted by atomic mass is 16.5. The fourth-order valence-corrected chi connectivity index (χ4v) is 1.85. The number of rotatable bonds is 5. The van der Waals surface area contributed by atoms with Crippen LogP contribution in [-0.4, -0.2) is 41.7 Å². The van der Waals surface area contributed by atoms with Crippen molar-refractivity contribution in [1.82, 2.24) is 20.6 Å². The zero-order chi connectivity index (χ0) is 12.6. The molecule has 6 nitrogen and oxygen atoms in total. The SMILES string of the molecule is O=C(CNCc1ccncn1)NC1CCOCC1. The molecule has 2 heterocycles. The molecule has 1 aliphatic rings. The van der Waals surface area contributed by atoms with Crippen molar-refractivity contribution in [2.75, 3.05) is 19.8 Å². The summed E-state index contributed by atoms with van der Waals surface area (Å²) in [6.07, 6.45) is 4.99. The van der Waals surface area contributed by atoms with E-state index in [-0.39, 0.29) is 11.9 Å². The Morgan fingerprint density at radius 3 is 3.00 bits per heavy atom. The van der Waals surface area contributed by atoms with Gasteiger partial charge in [-0.25, -0.2) is 9.97 Å². The van der Waals surface area contributed by atoms with Crippen LogP contribution < -0.4 is 10.6 Å². The largest absolute Gasteiger partial charge is 0.381 e. The van der Waals surface area contributed by atoms with Crippen LogP contribution in [0.3, 0.4) is 0 Å². The summed E-state index contributed by atoms with van der Waals surface area (Å²) in [6.45, 7) is 2.35. The maximum absolute atomic E-state index is 11.7. The van der Waals surface area contributed by atoms with Crippen molar-refractivity contribution in [3.05, 3.63) is 24.3 Å². The first-order valence-electron chi connectivity index (χ1n) is 6.17. The van der Waals surface area contributed by atoms with Gasteiger partial charge < -0.3 is 15.4 Å². The fraction of sp³-hybridized carbons (Fsp3) is 0.583. The molecular formula is C12H18N4O2. The molecule has 0 aromatic carbocycles. The summed E-state index contributed by atoms with van der Waals surface area (Å²) in [5.41, 5.74) is 0.879. The molecule has 18 heavy (non-hydrogen) atoms. The van der Waals surface area contributed by atoms with E-state index in [9.17, 15) is 4.79 Å². The first kappa shape index (κ1) is 12.9. The number of ether oxygens (including phenoxy) is 1. The molecule has 1 aromatic heterocycles. The molecule has 2 rings (SSSR count). The molecule has 1 aliphatic heterocycles. The van der Waals surface area contributed by atoms with Crippen LogP contribution >= 0.6 is 0 Å². The molecule has 1 aromatic rings. The molecule has 1 saturated heterocycles. The number of aromatic nitrogens is 2. The Morgan fingerprint density at radius 2 is 2.28 bits per heavy atom. The first-order chi connectivity index (χ1) is 8.84. The summed E-state index contributed by atoms with van der Waals surface area (Å²) in [6, 6.07) is 2.08. The zero-order valence-corrected chi connectivity index (χ0v) is 10.3. The lowest BCUT2D eigenvalue weighted by atomic mass is 10.1. The second-order valence-electron chi connectivity index (χ2n) is 4.26. The summed E-state index contributed by atoms with van der Waals surface area (Å²) < 4.78 is 5.24. The van der Waals surface area contributed by atoms with Crippen molar-refractivity contribution in [3.8, 4) is 0 Å². The van der Waals surface area contributed by atoms with Gasteiger partial charge in [-0.3, -0.25) is 4.79 Å². The van der Waals surface area contributed by atoms with Gasteiger partial charge in [0.25, 0.3) is 0 Å². The lowest BCUT2D eigenvalue weighted by molar-refractivity contribution is -0.121. The molecule has 6 heteroatoms. The summed E-state index contributed by atoms with van der Waals surface area (Å²) in [4.78, 5) is 19.6. The normalized spacial score (nSPS) is 16.4. The molecule has 0 bridgehead atoms. The van der Waals surface area contributed by atoms with Crippen LogP contribution in [0.25, 0.3) is 0 Å². The van der Waals surface area contributed by atoms with Gasteiger partial charge in [0.2, 0.25) is 5.91 Å². The van der Waals surface area contributed by atoms with Crippen molar-refractivity contribution in [1.29, 1.82) is 0 Å². The Morgan fingerprint density at radius 1 is 1.44 bits per heavy atom. The Balaban J connectivity index is 1.62. The number of hydrogen-bond donors (Lipinski definition) is 2. The predicted molar refractivity (Wildman–Crippen MR) is 65.7 cm³/mol. The Bertz CT molecular complexity index is 366. The number of nitrogens with one attached hydrogen (secondary N) is 2. The second kappa shape index (κ2) is 7.03. The van der Waals surface area contributed by atoms with Crippen molar-refractivity contribution in [2.45, 2.75) is 25.4 Å². The average molecular weight is 250 g/mol. The number of carbonyl (C=O) groups excluding carboxylic acids is 1. The lowest BCUT2D eigenvalue weighted by Crippen LogP contribution is -2.42. The smallest absolute Gasteiger partial charge is 0.234 e. The predicted octanol–water partition coefficient (Wildman–Crippen LogP) is -0.139. The average Bonchev–Trinajstić information content (AvgIpc) is 2.41. The van der Waals surface area contributed by atoms with E-state index in [1.807, 2.05) is 6.07 Å². The molecule has 0 spiro atoms. The summed E-state index contributed by atoms with van der Waals surface area (Å²) in [5, 5.41) is 6.05. The van der Waals surface area contributed by atoms with E-state index in [4.69, 9.17) is 4.74 Å². The number of amides is 1. The van der Waals surface area contributed by atoms with Gasteiger partial charge in [0.1, 0.15) is 6.33 Å². The quantitative estimate of drug-likeness (QED) is 0.761. The second-order valence-corrected chi connectivity index (χ2v) is 4.26. The third kappa shape index (κ3) is 4.38. The van der Waals surface area contributed by atoms with Crippen LogP contribution in [0.4, 0.5) is 0 Å². The third-order valence-corrected chi connectivity index (χ3v) is 2.82. The molecule has 1 amide bonds. The molecular weight excluding hydrogens is 232 g/mol. The maximum atomic E-state index is 11.7. The van der Waals surface area contributed by atoms with Gasteiger partial charge in [-0.1, -0.05) is 0 Å². The molecule has 98 valence electrons. The Kier molecular flexibility index (Phi) is 5.04. The van der Waals surface area contributed by atoms with E-state index in [1.54, 1.807) is 6.20 Å². The molecule has 2 N–H and O–H groups in total. The van der Waals surface area contributed by atoms with E-state index in [2.05, 4.69) is 20.6 Å². The van der Waals surface area contributed by atoms with Gasteiger partial charge in [-0.2, -0.15) is 0 Å². The minimum absolute atomic E-state index is 0.0240. The first-order valence-corrected chi connectivity index (χ1v) is 6.17. The van der Waals surface area contributed by atoms with Gasteiger partial charge in [0.15, 0.2) is 0 Å². The zero-order valence-electron chi connectivity index (χ0n) is 10.3. The highest BCUT2D eigenvalue weighted by molar-refractivity contribution is 5.78.